The zero-order valence-corrected chi connectivity index (χ0v) is 50.8. The fraction of sp³-hybridized carbons (Fsp3) is 0.824. The summed E-state index contributed by atoms with van der Waals surface area (Å²) in [6.07, 6.45) is 64.9. The number of unbranched alkanes of at least 4 members (excludes halogenated alkanes) is 35. The third-order valence-electron chi connectivity index (χ3n) is 15.3. The number of aliphatic hydroxyl groups is 5. The van der Waals surface area contributed by atoms with Gasteiger partial charge in [0.25, 0.3) is 0 Å². The van der Waals surface area contributed by atoms with Gasteiger partial charge in [-0.2, -0.15) is 0 Å². The molecule has 1 aliphatic heterocycles. The van der Waals surface area contributed by atoms with E-state index in [1.54, 1.807) is 6.08 Å². The lowest BCUT2D eigenvalue weighted by atomic mass is 9.99. The van der Waals surface area contributed by atoms with Crippen molar-refractivity contribution in [3.63, 3.8) is 0 Å². The van der Waals surface area contributed by atoms with Gasteiger partial charge in [-0.15, -0.1) is 0 Å². The van der Waals surface area contributed by atoms with Crippen LogP contribution in [-0.2, 0) is 23.8 Å². The molecule has 1 heterocycles. The van der Waals surface area contributed by atoms with Crippen LogP contribution in [0.5, 0.6) is 0 Å². The molecule has 1 fully saturated rings. The van der Waals surface area contributed by atoms with Crippen molar-refractivity contribution in [1.29, 1.82) is 0 Å². The first kappa shape index (κ1) is 74.4. The molecule has 7 unspecified atom stereocenters. The van der Waals surface area contributed by atoms with Gasteiger partial charge in [-0.25, -0.2) is 0 Å². The molecular formula is C68H123NO10. The molecule has 11 nitrogen and oxygen atoms in total. The van der Waals surface area contributed by atoms with E-state index in [4.69, 9.17) is 14.2 Å². The molecule has 0 saturated carbocycles. The Balaban J connectivity index is 2.00. The second-order valence-corrected chi connectivity index (χ2v) is 22.8. The summed E-state index contributed by atoms with van der Waals surface area (Å²) in [7, 11) is 0. The Morgan fingerprint density at radius 3 is 1.37 bits per heavy atom. The third-order valence-corrected chi connectivity index (χ3v) is 15.3. The largest absolute Gasteiger partial charge is 0.466 e. The van der Waals surface area contributed by atoms with Crippen LogP contribution < -0.4 is 5.32 Å². The highest BCUT2D eigenvalue weighted by Crippen LogP contribution is 2.23. The Morgan fingerprint density at radius 2 is 0.886 bits per heavy atom. The van der Waals surface area contributed by atoms with Gasteiger partial charge in [0.2, 0.25) is 5.91 Å². The number of ether oxygens (including phenoxy) is 3. The topological polar surface area (TPSA) is 175 Å². The maximum atomic E-state index is 13.0. The van der Waals surface area contributed by atoms with E-state index in [2.05, 4.69) is 67.8 Å². The number of rotatable bonds is 57. The number of aliphatic hydroxyl groups excluding tert-OH is 5. The van der Waals surface area contributed by atoms with Gasteiger partial charge in [0.1, 0.15) is 24.4 Å². The second-order valence-electron chi connectivity index (χ2n) is 22.8. The third kappa shape index (κ3) is 46.5. The van der Waals surface area contributed by atoms with Gasteiger partial charge in [0.15, 0.2) is 6.29 Å². The van der Waals surface area contributed by atoms with E-state index in [-0.39, 0.29) is 18.5 Å². The van der Waals surface area contributed by atoms with Crippen molar-refractivity contribution in [2.45, 2.75) is 339 Å². The van der Waals surface area contributed by atoms with Crippen LogP contribution in [0.1, 0.15) is 296 Å². The van der Waals surface area contributed by atoms with E-state index in [1.165, 1.54) is 186 Å². The summed E-state index contributed by atoms with van der Waals surface area (Å²) in [6.45, 7) is 4.25. The quantitative estimate of drug-likeness (QED) is 0.0195. The normalized spacial score (nSPS) is 18.8. The fourth-order valence-electron chi connectivity index (χ4n) is 10.1. The van der Waals surface area contributed by atoms with E-state index in [1.807, 2.05) is 6.08 Å². The van der Waals surface area contributed by atoms with Crippen LogP contribution in [0, 0.1) is 0 Å². The molecule has 0 radical (unpaired) electrons. The van der Waals surface area contributed by atoms with Crippen molar-refractivity contribution in [3.8, 4) is 0 Å². The van der Waals surface area contributed by atoms with Gasteiger partial charge in [0.05, 0.1) is 32.0 Å². The summed E-state index contributed by atoms with van der Waals surface area (Å²) in [5.41, 5.74) is 0. The van der Waals surface area contributed by atoms with Crippen LogP contribution in [-0.4, -0.2) is 100 Å². The molecule has 0 aromatic heterocycles. The van der Waals surface area contributed by atoms with Crippen LogP contribution in [0.4, 0.5) is 0 Å². The molecule has 0 aliphatic carbocycles. The number of allylic oxidation sites excluding steroid dienone is 9. The molecule has 0 aromatic carbocycles. The van der Waals surface area contributed by atoms with Crippen molar-refractivity contribution in [2.75, 3.05) is 19.8 Å². The van der Waals surface area contributed by atoms with E-state index < -0.39 is 49.5 Å². The second kappa shape index (κ2) is 57.2. The summed E-state index contributed by atoms with van der Waals surface area (Å²) >= 11 is 0. The molecule has 6 N–H and O–H groups in total. The van der Waals surface area contributed by atoms with Crippen LogP contribution in [0.2, 0.25) is 0 Å². The molecule has 79 heavy (non-hydrogen) atoms. The van der Waals surface area contributed by atoms with Gasteiger partial charge in [0, 0.05) is 12.8 Å². The van der Waals surface area contributed by atoms with Crippen molar-refractivity contribution < 1.29 is 49.3 Å². The first-order chi connectivity index (χ1) is 38.7. The average molecular weight is 1110 g/mol. The summed E-state index contributed by atoms with van der Waals surface area (Å²) in [6, 6.07) is -0.836. The minimum atomic E-state index is -1.58. The first-order valence-electron chi connectivity index (χ1n) is 33.1. The number of hydrogen-bond donors (Lipinski definition) is 6. The molecule has 0 bridgehead atoms. The average Bonchev–Trinajstić information content (AvgIpc) is 3.49. The van der Waals surface area contributed by atoms with Gasteiger partial charge < -0.3 is 45.1 Å². The number of amides is 1. The Labute approximate surface area is 484 Å². The molecule has 1 aliphatic rings. The molecular weight excluding hydrogens is 991 g/mol. The monoisotopic (exact) mass is 1110 g/mol. The summed E-state index contributed by atoms with van der Waals surface area (Å²) in [5.74, 6) is -0.197. The van der Waals surface area contributed by atoms with Gasteiger partial charge in [-0.1, -0.05) is 261 Å². The Kier molecular flexibility index (Phi) is 53.8. The van der Waals surface area contributed by atoms with Crippen LogP contribution >= 0.6 is 0 Å². The zero-order valence-electron chi connectivity index (χ0n) is 50.8. The lowest BCUT2D eigenvalue weighted by molar-refractivity contribution is -0.302. The molecule has 0 aromatic rings. The standard InChI is InChI=1S/C68H123NO10/c1-3-5-7-9-11-13-34-38-42-46-50-54-61(71)60(59-78-68-67(76)66(75)65(74)62(58-70)79-68)69-63(72)55-51-47-43-39-36-32-30-28-26-24-22-20-18-16-15-17-19-21-23-25-27-29-31-33-37-41-45-49-53-57-77-64(73)56-52-48-44-40-35-14-12-10-8-6-4-2/h7,9,15,17,21,23,34,38,50,54,60-62,65-68,70-71,74-76H,3-6,8,10-14,16,18-20,22,24-33,35-37,39-49,51-53,55-59H2,1-2H3,(H,69,72)/b9-7+,17-15-,23-21-,38-34+,54-50+. The van der Waals surface area contributed by atoms with Crippen molar-refractivity contribution in [2.24, 2.45) is 0 Å². The molecule has 11 heteroatoms. The number of carbonyl (C=O) groups excluding carboxylic acids is 2. The predicted molar refractivity (Wildman–Crippen MR) is 329 cm³/mol. The van der Waals surface area contributed by atoms with Crippen molar-refractivity contribution >= 4 is 11.9 Å². The maximum absolute atomic E-state index is 13.0. The molecule has 1 amide bonds. The van der Waals surface area contributed by atoms with E-state index in [0.717, 1.165) is 83.5 Å². The van der Waals surface area contributed by atoms with E-state index >= 15 is 0 Å². The van der Waals surface area contributed by atoms with Crippen LogP contribution in [0.15, 0.2) is 60.8 Å². The number of hydrogen-bond acceptors (Lipinski definition) is 10. The molecule has 0 spiro atoms. The molecule has 7 atom stereocenters. The highest BCUT2D eigenvalue weighted by Gasteiger charge is 2.44. The zero-order chi connectivity index (χ0) is 57.3. The summed E-state index contributed by atoms with van der Waals surface area (Å²) in [5, 5.41) is 54.3. The van der Waals surface area contributed by atoms with Crippen LogP contribution in [0.25, 0.3) is 0 Å². The number of esters is 1. The number of nitrogens with one attached hydrogen (secondary N) is 1. The molecule has 1 rings (SSSR count). The lowest BCUT2D eigenvalue weighted by Crippen LogP contribution is -2.60. The van der Waals surface area contributed by atoms with Crippen molar-refractivity contribution in [3.05, 3.63) is 60.8 Å². The molecule has 1 saturated heterocycles. The van der Waals surface area contributed by atoms with Gasteiger partial charge in [-0.05, 0) is 83.5 Å². The minimum absolute atomic E-state index is 0.00206. The van der Waals surface area contributed by atoms with Crippen LogP contribution in [0.3, 0.4) is 0 Å². The Morgan fingerprint density at radius 1 is 0.468 bits per heavy atom. The van der Waals surface area contributed by atoms with E-state index in [9.17, 15) is 35.1 Å². The molecule has 460 valence electrons. The highest BCUT2D eigenvalue weighted by molar-refractivity contribution is 5.76. The highest BCUT2D eigenvalue weighted by atomic mass is 16.7. The Hall–Kier alpha value is -2.64. The first-order valence-corrected chi connectivity index (χ1v) is 33.1. The van der Waals surface area contributed by atoms with Gasteiger partial charge in [-0.3, -0.25) is 9.59 Å². The van der Waals surface area contributed by atoms with Crippen molar-refractivity contribution in [1.82, 2.24) is 5.32 Å². The smallest absolute Gasteiger partial charge is 0.305 e. The lowest BCUT2D eigenvalue weighted by Gasteiger charge is -2.40. The summed E-state index contributed by atoms with van der Waals surface area (Å²) in [4.78, 5) is 25.0. The minimum Gasteiger partial charge on any atom is -0.466 e. The van der Waals surface area contributed by atoms with Gasteiger partial charge >= 0.3 is 5.97 Å². The Bertz CT molecular complexity index is 1500. The van der Waals surface area contributed by atoms with E-state index in [0.29, 0.717) is 19.4 Å². The number of carbonyl (C=O) groups is 2. The fourth-order valence-corrected chi connectivity index (χ4v) is 10.1. The summed E-state index contributed by atoms with van der Waals surface area (Å²) < 4.78 is 16.7. The SMILES string of the molecule is CCC/C=C/CC/C=C/CC/C=C/C(O)C(COC1OC(CO)C(O)C(O)C1O)NC(=O)CCCCCCCCCCCCCCC/C=C\C/C=C\CCCCCCCCCCCOC(=O)CCCCCCCCCCCCC. The predicted octanol–water partition coefficient (Wildman–Crippen LogP) is 16.2. The maximum Gasteiger partial charge on any atom is 0.305 e.